The summed E-state index contributed by atoms with van der Waals surface area (Å²) in [6.45, 7) is 9.76. The third-order valence-electron chi connectivity index (χ3n) is 5.85. The minimum absolute atomic E-state index is 0.0619. The van der Waals surface area contributed by atoms with E-state index in [0.29, 0.717) is 24.5 Å². The summed E-state index contributed by atoms with van der Waals surface area (Å²) in [5.74, 6) is 0.683. The molecule has 168 valence electrons. The van der Waals surface area contributed by atoms with Gasteiger partial charge in [0.1, 0.15) is 17.2 Å². The van der Waals surface area contributed by atoms with Gasteiger partial charge in [-0.1, -0.05) is 106 Å². The van der Waals surface area contributed by atoms with Crippen LogP contribution in [-0.2, 0) is 18.5 Å². The van der Waals surface area contributed by atoms with Crippen LogP contribution >= 0.6 is 0 Å². The Morgan fingerprint density at radius 3 is 2.03 bits per heavy atom. The molecule has 0 aliphatic heterocycles. The highest BCUT2D eigenvalue weighted by atomic mass is 16.2. The van der Waals surface area contributed by atoms with Crippen LogP contribution in [0.3, 0.4) is 0 Å². The first-order valence-corrected chi connectivity index (χ1v) is 11.5. The zero-order valence-corrected chi connectivity index (χ0v) is 19.8. The number of rotatable bonds is 6. The molecule has 1 heterocycles. The van der Waals surface area contributed by atoms with E-state index >= 15 is 0 Å². The third-order valence-corrected chi connectivity index (χ3v) is 5.85. The van der Waals surface area contributed by atoms with E-state index in [1.54, 1.807) is 0 Å². The summed E-state index contributed by atoms with van der Waals surface area (Å²) in [5.41, 5.74) is 5.61. The number of carbonyl (C=O) groups is 1. The Labute approximate surface area is 196 Å². The molecule has 0 radical (unpaired) electrons. The first-order chi connectivity index (χ1) is 15.9. The van der Waals surface area contributed by atoms with Crippen molar-refractivity contribution in [3.63, 3.8) is 0 Å². The van der Waals surface area contributed by atoms with Crippen molar-refractivity contribution < 1.29 is 4.79 Å². The van der Waals surface area contributed by atoms with Gasteiger partial charge in [-0.2, -0.15) is 0 Å². The van der Waals surface area contributed by atoms with Crippen LogP contribution in [0.15, 0.2) is 84.9 Å². The van der Waals surface area contributed by atoms with Gasteiger partial charge in [-0.3, -0.25) is 4.79 Å². The van der Waals surface area contributed by atoms with Crippen molar-refractivity contribution in [3.8, 4) is 22.6 Å². The minimum atomic E-state index is -0.120. The molecule has 3 aromatic carbocycles. The molecule has 0 unspecified atom stereocenters. The van der Waals surface area contributed by atoms with Crippen molar-refractivity contribution >= 4 is 5.91 Å². The average molecular weight is 438 g/mol. The smallest absolute Gasteiger partial charge is 0.270 e. The molecule has 0 atom stereocenters. The molecular weight excluding hydrogens is 406 g/mol. The lowest BCUT2D eigenvalue weighted by atomic mass is 9.86. The normalized spacial score (nSPS) is 11.4. The molecule has 4 rings (SSSR count). The summed E-state index contributed by atoms with van der Waals surface area (Å²) in [4.78, 5) is 18.5. The summed E-state index contributed by atoms with van der Waals surface area (Å²) < 4.78 is 2.02. The van der Waals surface area contributed by atoms with Gasteiger partial charge in [0.25, 0.3) is 5.91 Å². The molecule has 1 N–H and O–H groups in total. The number of benzene rings is 3. The second kappa shape index (κ2) is 9.45. The molecule has 0 spiro atoms. The van der Waals surface area contributed by atoms with Gasteiger partial charge in [0.05, 0.1) is 0 Å². The van der Waals surface area contributed by atoms with Crippen molar-refractivity contribution in [2.24, 2.45) is 0 Å². The van der Waals surface area contributed by atoms with Crippen molar-refractivity contribution in [1.29, 1.82) is 0 Å². The predicted molar refractivity (Wildman–Crippen MR) is 135 cm³/mol. The van der Waals surface area contributed by atoms with Gasteiger partial charge in [-0.15, -0.1) is 0 Å². The third kappa shape index (κ3) is 4.90. The fourth-order valence-corrected chi connectivity index (χ4v) is 3.99. The van der Waals surface area contributed by atoms with Crippen LogP contribution in [0.5, 0.6) is 0 Å². The van der Waals surface area contributed by atoms with Gasteiger partial charge >= 0.3 is 0 Å². The van der Waals surface area contributed by atoms with Crippen LogP contribution in [-0.4, -0.2) is 15.5 Å². The maximum atomic E-state index is 13.5. The predicted octanol–water partition coefficient (Wildman–Crippen LogP) is 6.46. The van der Waals surface area contributed by atoms with Gasteiger partial charge in [-0.05, 0) is 23.5 Å². The maximum absolute atomic E-state index is 13.5. The fourth-order valence-electron chi connectivity index (χ4n) is 3.99. The second-order valence-corrected chi connectivity index (χ2v) is 9.24. The van der Waals surface area contributed by atoms with E-state index in [1.807, 2.05) is 65.2 Å². The average Bonchev–Trinajstić information content (AvgIpc) is 3.23. The number of nitrogens with zero attached hydrogens (tertiary/aromatic N) is 2. The Morgan fingerprint density at radius 2 is 1.45 bits per heavy atom. The van der Waals surface area contributed by atoms with Gasteiger partial charge < -0.3 is 9.88 Å². The molecule has 4 aromatic rings. The summed E-state index contributed by atoms with van der Waals surface area (Å²) >= 11 is 0. The van der Waals surface area contributed by atoms with E-state index in [-0.39, 0.29) is 11.3 Å². The van der Waals surface area contributed by atoms with E-state index in [2.05, 4.69) is 57.3 Å². The molecule has 0 saturated carbocycles. The van der Waals surface area contributed by atoms with Crippen LogP contribution in [0.2, 0.25) is 0 Å². The maximum Gasteiger partial charge on any atom is 0.270 e. The molecule has 0 fully saturated rings. The Bertz CT molecular complexity index is 1220. The SMILES string of the molecule is CCn1c(-c2ccccc2)nc(-c2ccc(C(C)(C)C)cc2)c1C(=O)NCc1ccccc1. The molecule has 0 bridgehead atoms. The number of imidazole rings is 1. The molecule has 0 aliphatic carbocycles. The van der Waals surface area contributed by atoms with Crippen LogP contribution in [0.1, 0.15) is 49.3 Å². The van der Waals surface area contributed by atoms with E-state index in [4.69, 9.17) is 4.98 Å². The number of hydrogen-bond donors (Lipinski definition) is 1. The Morgan fingerprint density at radius 1 is 0.848 bits per heavy atom. The highest BCUT2D eigenvalue weighted by molar-refractivity contribution is 5.99. The largest absolute Gasteiger partial charge is 0.347 e. The summed E-state index contributed by atoms with van der Waals surface area (Å²) in [6, 6.07) is 28.4. The Hall–Kier alpha value is -3.66. The monoisotopic (exact) mass is 437 g/mol. The van der Waals surface area contributed by atoms with E-state index in [9.17, 15) is 4.79 Å². The van der Waals surface area contributed by atoms with E-state index in [0.717, 1.165) is 22.5 Å². The molecule has 4 heteroatoms. The van der Waals surface area contributed by atoms with Gasteiger partial charge in [0.2, 0.25) is 0 Å². The lowest BCUT2D eigenvalue weighted by Crippen LogP contribution is -2.26. The second-order valence-electron chi connectivity index (χ2n) is 9.24. The lowest BCUT2D eigenvalue weighted by Gasteiger charge is -2.19. The zero-order chi connectivity index (χ0) is 23.4. The number of amides is 1. The minimum Gasteiger partial charge on any atom is -0.347 e. The lowest BCUT2D eigenvalue weighted by molar-refractivity contribution is 0.0942. The number of hydrogen-bond acceptors (Lipinski definition) is 2. The fraction of sp³-hybridized carbons (Fsp3) is 0.241. The van der Waals surface area contributed by atoms with E-state index in [1.165, 1.54) is 5.56 Å². The molecule has 0 saturated heterocycles. The van der Waals surface area contributed by atoms with Crippen molar-refractivity contribution in [1.82, 2.24) is 14.9 Å². The first kappa shape index (κ1) is 22.5. The number of aromatic nitrogens is 2. The first-order valence-electron chi connectivity index (χ1n) is 11.5. The number of carbonyl (C=O) groups excluding carboxylic acids is 1. The highest BCUT2D eigenvalue weighted by Crippen LogP contribution is 2.31. The van der Waals surface area contributed by atoms with Gasteiger partial charge in [0.15, 0.2) is 0 Å². The van der Waals surface area contributed by atoms with Crippen molar-refractivity contribution in [3.05, 3.63) is 102 Å². The van der Waals surface area contributed by atoms with Crippen molar-refractivity contribution in [2.75, 3.05) is 0 Å². The topological polar surface area (TPSA) is 46.9 Å². The molecule has 33 heavy (non-hydrogen) atoms. The van der Waals surface area contributed by atoms with Crippen LogP contribution in [0.25, 0.3) is 22.6 Å². The van der Waals surface area contributed by atoms with Crippen LogP contribution in [0.4, 0.5) is 0 Å². The van der Waals surface area contributed by atoms with Crippen LogP contribution < -0.4 is 5.32 Å². The molecular formula is C29H31N3O. The van der Waals surface area contributed by atoms with E-state index < -0.39 is 0 Å². The quantitative estimate of drug-likeness (QED) is 0.376. The molecule has 1 aromatic heterocycles. The summed E-state index contributed by atoms with van der Waals surface area (Å²) in [7, 11) is 0. The van der Waals surface area contributed by atoms with Gasteiger partial charge in [-0.25, -0.2) is 4.98 Å². The Kier molecular flexibility index (Phi) is 6.45. The van der Waals surface area contributed by atoms with Crippen LogP contribution in [0, 0.1) is 0 Å². The van der Waals surface area contributed by atoms with Gasteiger partial charge in [0, 0.05) is 24.2 Å². The zero-order valence-electron chi connectivity index (χ0n) is 19.8. The number of nitrogens with one attached hydrogen (secondary N) is 1. The summed E-state index contributed by atoms with van der Waals surface area (Å²) in [5, 5.41) is 3.10. The summed E-state index contributed by atoms with van der Waals surface area (Å²) in [6.07, 6.45) is 0. The van der Waals surface area contributed by atoms with Crippen molar-refractivity contribution in [2.45, 2.75) is 46.2 Å². The molecule has 0 aliphatic rings. The molecule has 1 amide bonds. The Balaban J connectivity index is 1.79. The highest BCUT2D eigenvalue weighted by Gasteiger charge is 2.24. The standard InChI is InChI=1S/C29H31N3O/c1-5-32-26(28(33)30-20-21-12-8-6-9-13-21)25(31-27(32)23-14-10-7-11-15-23)22-16-18-24(19-17-22)29(2,3)4/h6-19H,5,20H2,1-4H3,(H,30,33). The molecule has 4 nitrogen and oxygen atoms in total.